The highest BCUT2D eigenvalue weighted by Gasteiger charge is 2.22. The SMILES string of the molecule is CCN1CCC[C@H](N)[C@H]1C. The van der Waals surface area contributed by atoms with E-state index in [-0.39, 0.29) is 0 Å². The van der Waals surface area contributed by atoms with Crippen molar-refractivity contribution in [2.75, 3.05) is 13.1 Å². The lowest BCUT2D eigenvalue weighted by atomic mass is 9.99. The van der Waals surface area contributed by atoms with E-state index in [1.165, 1.54) is 19.4 Å². The number of likely N-dealkylation sites (N-methyl/N-ethyl adjacent to an activating group) is 1. The summed E-state index contributed by atoms with van der Waals surface area (Å²) in [5, 5.41) is 0. The molecule has 2 atom stereocenters. The Labute approximate surface area is 63.4 Å². The molecule has 60 valence electrons. The Balaban J connectivity index is 2.42. The fraction of sp³-hybridized carbons (Fsp3) is 1.00. The molecule has 1 rings (SSSR count). The Morgan fingerprint density at radius 1 is 1.60 bits per heavy atom. The molecule has 0 aromatic heterocycles. The number of nitrogens with zero attached hydrogens (tertiary/aromatic N) is 1. The number of rotatable bonds is 1. The first-order valence-corrected chi connectivity index (χ1v) is 4.25. The Bertz CT molecular complexity index is 103. The predicted octanol–water partition coefficient (Wildman–Crippen LogP) is 0.818. The van der Waals surface area contributed by atoms with Gasteiger partial charge in [-0.2, -0.15) is 0 Å². The van der Waals surface area contributed by atoms with Gasteiger partial charge < -0.3 is 5.73 Å². The van der Waals surface area contributed by atoms with Crippen molar-refractivity contribution < 1.29 is 0 Å². The molecule has 10 heavy (non-hydrogen) atoms. The highest BCUT2D eigenvalue weighted by atomic mass is 15.2. The van der Waals surface area contributed by atoms with Crippen LogP contribution in [0.4, 0.5) is 0 Å². The summed E-state index contributed by atoms with van der Waals surface area (Å²) < 4.78 is 0. The molecule has 0 aromatic carbocycles. The fourth-order valence-corrected chi connectivity index (χ4v) is 1.69. The number of piperidine rings is 1. The minimum atomic E-state index is 0.411. The zero-order valence-electron chi connectivity index (χ0n) is 7.01. The van der Waals surface area contributed by atoms with Gasteiger partial charge in [-0.15, -0.1) is 0 Å². The van der Waals surface area contributed by atoms with Crippen molar-refractivity contribution in [2.45, 2.75) is 38.8 Å². The molecule has 2 heteroatoms. The third-order valence-electron chi connectivity index (χ3n) is 2.58. The van der Waals surface area contributed by atoms with Gasteiger partial charge in [-0.3, -0.25) is 4.90 Å². The highest BCUT2D eigenvalue weighted by Crippen LogP contribution is 2.14. The van der Waals surface area contributed by atoms with Crippen LogP contribution in [0, 0.1) is 0 Å². The molecule has 0 aliphatic carbocycles. The molecule has 2 nitrogen and oxygen atoms in total. The first-order valence-electron chi connectivity index (χ1n) is 4.25. The predicted molar refractivity (Wildman–Crippen MR) is 43.9 cm³/mol. The summed E-state index contributed by atoms with van der Waals surface area (Å²) >= 11 is 0. The highest BCUT2D eigenvalue weighted by molar-refractivity contribution is 4.82. The molecule has 0 bridgehead atoms. The largest absolute Gasteiger partial charge is 0.326 e. The summed E-state index contributed by atoms with van der Waals surface area (Å²) in [6.07, 6.45) is 2.48. The molecule has 1 saturated heterocycles. The molecular formula is C8H18N2. The Morgan fingerprint density at radius 2 is 2.30 bits per heavy atom. The van der Waals surface area contributed by atoms with Crippen LogP contribution < -0.4 is 5.73 Å². The summed E-state index contributed by atoms with van der Waals surface area (Å²) in [7, 11) is 0. The van der Waals surface area contributed by atoms with E-state index in [1.807, 2.05) is 0 Å². The van der Waals surface area contributed by atoms with Gasteiger partial charge in [-0.1, -0.05) is 6.92 Å². The van der Waals surface area contributed by atoms with E-state index in [0.29, 0.717) is 12.1 Å². The fourth-order valence-electron chi connectivity index (χ4n) is 1.69. The Hall–Kier alpha value is -0.0800. The van der Waals surface area contributed by atoms with E-state index in [9.17, 15) is 0 Å². The van der Waals surface area contributed by atoms with Crippen molar-refractivity contribution in [3.8, 4) is 0 Å². The van der Waals surface area contributed by atoms with Gasteiger partial charge in [0.2, 0.25) is 0 Å². The van der Waals surface area contributed by atoms with Gasteiger partial charge in [-0.05, 0) is 32.9 Å². The topological polar surface area (TPSA) is 29.3 Å². The second-order valence-corrected chi connectivity index (χ2v) is 3.18. The maximum Gasteiger partial charge on any atom is 0.0218 e. The number of nitrogens with two attached hydrogens (primary N) is 1. The summed E-state index contributed by atoms with van der Waals surface area (Å²) in [4.78, 5) is 2.45. The lowest BCUT2D eigenvalue weighted by Gasteiger charge is -2.36. The van der Waals surface area contributed by atoms with Crippen molar-refractivity contribution >= 4 is 0 Å². The minimum Gasteiger partial charge on any atom is -0.326 e. The Kier molecular flexibility index (Phi) is 2.69. The van der Waals surface area contributed by atoms with Gasteiger partial charge >= 0.3 is 0 Å². The molecule has 1 aliphatic rings. The Morgan fingerprint density at radius 3 is 2.80 bits per heavy atom. The van der Waals surface area contributed by atoms with E-state index in [2.05, 4.69) is 18.7 Å². The smallest absolute Gasteiger partial charge is 0.0218 e. The molecule has 1 aliphatic heterocycles. The van der Waals surface area contributed by atoms with Crippen LogP contribution in [-0.4, -0.2) is 30.1 Å². The quantitative estimate of drug-likeness (QED) is 0.587. The zero-order valence-corrected chi connectivity index (χ0v) is 7.01. The van der Waals surface area contributed by atoms with Gasteiger partial charge in [0.1, 0.15) is 0 Å². The van der Waals surface area contributed by atoms with E-state index in [0.717, 1.165) is 6.54 Å². The van der Waals surface area contributed by atoms with Crippen molar-refractivity contribution in [3.63, 3.8) is 0 Å². The van der Waals surface area contributed by atoms with Crippen molar-refractivity contribution in [3.05, 3.63) is 0 Å². The molecule has 0 unspecified atom stereocenters. The molecule has 0 amide bonds. The van der Waals surface area contributed by atoms with Crippen LogP contribution in [0.5, 0.6) is 0 Å². The van der Waals surface area contributed by atoms with Gasteiger partial charge in [-0.25, -0.2) is 0 Å². The molecule has 1 fully saturated rings. The van der Waals surface area contributed by atoms with Gasteiger partial charge in [0.15, 0.2) is 0 Å². The van der Waals surface area contributed by atoms with E-state index < -0.39 is 0 Å². The maximum absolute atomic E-state index is 5.90. The van der Waals surface area contributed by atoms with Crippen LogP contribution in [0.25, 0.3) is 0 Å². The lowest BCUT2D eigenvalue weighted by molar-refractivity contribution is 0.148. The van der Waals surface area contributed by atoms with E-state index in [4.69, 9.17) is 5.73 Å². The maximum atomic E-state index is 5.90. The second kappa shape index (κ2) is 3.35. The number of hydrogen-bond acceptors (Lipinski definition) is 2. The molecule has 0 radical (unpaired) electrons. The zero-order chi connectivity index (χ0) is 7.56. The van der Waals surface area contributed by atoms with Crippen molar-refractivity contribution in [2.24, 2.45) is 5.73 Å². The molecule has 1 heterocycles. The average Bonchev–Trinajstić information content (AvgIpc) is 1.95. The van der Waals surface area contributed by atoms with E-state index in [1.54, 1.807) is 0 Å². The molecule has 0 saturated carbocycles. The van der Waals surface area contributed by atoms with Crippen molar-refractivity contribution in [1.29, 1.82) is 0 Å². The van der Waals surface area contributed by atoms with Crippen LogP contribution in [0.15, 0.2) is 0 Å². The molecule has 0 aromatic rings. The normalized spacial score (nSPS) is 36.3. The third kappa shape index (κ3) is 1.50. The monoisotopic (exact) mass is 142 g/mol. The van der Waals surface area contributed by atoms with Crippen LogP contribution in [0.2, 0.25) is 0 Å². The van der Waals surface area contributed by atoms with E-state index >= 15 is 0 Å². The molecule has 2 N–H and O–H groups in total. The summed E-state index contributed by atoms with van der Waals surface area (Å²) in [5.41, 5.74) is 5.90. The van der Waals surface area contributed by atoms with Crippen LogP contribution >= 0.6 is 0 Å². The number of hydrogen-bond donors (Lipinski definition) is 1. The van der Waals surface area contributed by atoms with Gasteiger partial charge in [0, 0.05) is 12.1 Å². The third-order valence-corrected chi connectivity index (χ3v) is 2.58. The molecule has 0 spiro atoms. The van der Waals surface area contributed by atoms with Crippen LogP contribution in [-0.2, 0) is 0 Å². The molecular weight excluding hydrogens is 124 g/mol. The first kappa shape index (κ1) is 8.02. The minimum absolute atomic E-state index is 0.411. The summed E-state index contributed by atoms with van der Waals surface area (Å²) in [6.45, 7) is 6.82. The standard InChI is InChI=1S/C8H18N2/c1-3-10-6-4-5-8(9)7(10)2/h7-8H,3-6,9H2,1-2H3/t7-,8+/m1/s1. The van der Waals surface area contributed by atoms with Crippen molar-refractivity contribution in [1.82, 2.24) is 4.90 Å². The lowest BCUT2D eigenvalue weighted by Crippen LogP contribution is -2.50. The van der Waals surface area contributed by atoms with Crippen LogP contribution in [0.1, 0.15) is 26.7 Å². The summed E-state index contributed by atoms with van der Waals surface area (Å²) in [5.74, 6) is 0. The summed E-state index contributed by atoms with van der Waals surface area (Å²) in [6, 6.07) is 1.01. The van der Waals surface area contributed by atoms with Gasteiger partial charge in [0.05, 0.1) is 0 Å². The first-order chi connectivity index (χ1) is 4.75. The number of likely N-dealkylation sites (tertiary alicyclic amines) is 1. The van der Waals surface area contributed by atoms with Gasteiger partial charge in [0.25, 0.3) is 0 Å². The average molecular weight is 142 g/mol. The van der Waals surface area contributed by atoms with Crippen LogP contribution in [0.3, 0.4) is 0 Å². The second-order valence-electron chi connectivity index (χ2n) is 3.18.